The van der Waals surface area contributed by atoms with Crippen molar-refractivity contribution in [2.24, 2.45) is 0 Å². The summed E-state index contributed by atoms with van der Waals surface area (Å²) < 4.78 is 46.8. The molecular weight excluding hydrogens is 381 g/mol. The topological polar surface area (TPSA) is 62.1 Å². The van der Waals surface area contributed by atoms with E-state index in [1.54, 1.807) is 19.1 Å². The van der Waals surface area contributed by atoms with Crippen LogP contribution in [-0.2, 0) is 6.18 Å². The second kappa shape index (κ2) is 8.73. The highest BCUT2D eigenvalue weighted by Crippen LogP contribution is 2.37. The number of allylic oxidation sites excluding steroid dienone is 1. The zero-order valence-electron chi connectivity index (χ0n) is 17.1. The quantitative estimate of drug-likeness (QED) is 0.679. The molecule has 0 amide bonds. The molecular formula is C21H25F3N4O. The zero-order valence-corrected chi connectivity index (χ0v) is 17.1. The fraction of sp³-hybridized carbons (Fsp3) is 0.381. The number of hydrogen-bond donors (Lipinski definition) is 1. The fourth-order valence-electron chi connectivity index (χ4n) is 2.52. The molecule has 0 saturated carbocycles. The molecule has 0 fully saturated rings. The molecule has 156 valence electrons. The van der Waals surface area contributed by atoms with Crippen LogP contribution in [-0.4, -0.2) is 47.3 Å². The molecule has 0 aliphatic carbocycles. The molecule has 0 aliphatic rings. The average molecular weight is 406 g/mol. The van der Waals surface area contributed by atoms with Crippen LogP contribution >= 0.6 is 0 Å². The van der Waals surface area contributed by atoms with E-state index < -0.39 is 11.7 Å². The van der Waals surface area contributed by atoms with Crippen LogP contribution in [0.2, 0.25) is 0 Å². The minimum absolute atomic E-state index is 0.0996. The lowest BCUT2D eigenvalue weighted by molar-refractivity contribution is -0.138. The van der Waals surface area contributed by atoms with Crippen molar-refractivity contribution in [3.63, 3.8) is 0 Å². The Balaban J connectivity index is 2.56. The van der Waals surface area contributed by atoms with Crippen molar-refractivity contribution in [3.8, 4) is 5.88 Å². The first-order valence-corrected chi connectivity index (χ1v) is 9.02. The van der Waals surface area contributed by atoms with Crippen molar-refractivity contribution in [2.75, 3.05) is 20.7 Å². The smallest absolute Gasteiger partial charge is 0.418 e. The number of alkyl halides is 3. The zero-order chi connectivity index (χ0) is 21.8. The molecule has 0 atom stereocenters. The molecule has 0 saturated heterocycles. The first kappa shape index (κ1) is 22.5. The van der Waals surface area contributed by atoms with Gasteiger partial charge in [-0.05, 0) is 47.0 Å². The predicted octanol–water partition coefficient (Wildman–Crippen LogP) is 4.66. The average Bonchev–Trinajstić information content (AvgIpc) is 2.66. The monoisotopic (exact) mass is 406 g/mol. The molecule has 2 rings (SSSR count). The lowest BCUT2D eigenvalue weighted by Gasteiger charge is -2.32. The van der Waals surface area contributed by atoms with Gasteiger partial charge in [-0.15, -0.1) is 0 Å². The van der Waals surface area contributed by atoms with Gasteiger partial charge in [0.25, 0.3) is 0 Å². The Hall–Kier alpha value is -2.74. The number of nitrogens with one attached hydrogen (secondary N) is 1. The van der Waals surface area contributed by atoms with Gasteiger partial charge in [0.05, 0.1) is 17.0 Å². The lowest BCUT2D eigenvalue weighted by atomic mass is 9.97. The second-order valence-corrected chi connectivity index (χ2v) is 7.32. The third kappa shape index (κ3) is 5.20. The molecule has 0 aliphatic heterocycles. The van der Waals surface area contributed by atoms with Gasteiger partial charge in [0.2, 0.25) is 5.88 Å². The van der Waals surface area contributed by atoms with Crippen LogP contribution in [0.15, 0.2) is 36.5 Å². The van der Waals surface area contributed by atoms with E-state index in [2.05, 4.69) is 9.97 Å². The van der Waals surface area contributed by atoms with Crippen LogP contribution in [0.5, 0.6) is 5.88 Å². The Kier molecular flexibility index (Phi) is 6.79. The van der Waals surface area contributed by atoms with E-state index >= 15 is 0 Å². The van der Waals surface area contributed by atoms with Crippen molar-refractivity contribution in [3.05, 3.63) is 59.1 Å². The molecule has 0 radical (unpaired) electrons. The summed E-state index contributed by atoms with van der Waals surface area (Å²) >= 11 is 0. The first-order valence-electron chi connectivity index (χ1n) is 9.02. The number of nitrogens with zero attached hydrogens (tertiary/aromatic N) is 3. The Bertz CT molecular complexity index is 905. The Morgan fingerprint density at radius 1 is 1.21 bits per heavy atom. The van der Waals surface area contributed by atoms with Crippen LogP contribution in [0.25, 0.3) is 5.57 Å². The number of aromatic nitrogens is 2. The maximum Gasteiger partial charge on any atom is 0.418 e. The minimum Gasteiger partial charge on any atom is -0.476 e. The summed E-state index contributed by atoms with van der Waals surface area (Å²) in [5.41, 5.74) is -0.559. The van der Waals surface area contributed by atoms with Crippen LogP contribution in [0, 0.1) is 5.41 Å². The molecule has 0 spiro atoms. The molecule has 2 aromatic rings. The highest BCUT2D eigenvalue weighted by molar-refractivity contribution is 5.89. The van der Waals surface area contributed by atoms with E-state index in [1.165, 1.54) is 18.3 Å². The summed E-state index contributed by atoms with van der Waals surface area (Å²) in [4.78, 5) is 10.2. The van der Waals surface area contributed by atoms with E-state index in [4.69, 9.17) is 10.1 Å². The van der Waals surface area contributed by atoms with Crippen molar-refractivity contribution >= 4 is 11.8 Å². The van der Waals surface area contributed by atoms with Gasteiger partial charge in [-0.1, -0.05) is 12.1 Å². The van der Waals surface area contributed by atoms with Crippen LogP contribution in [0.1, 0.15) is 43.3 Å². The number of ether oxygens (including phenoxy) is 1. The fourth-order valence-corrected chi connectivity index (χ4v) is 2.52. The molecule has 5 nitrogen and oxygen atoms in total. The third-order valence-corrected chi connectivity index (χ3v) is 4.77. The van der Waals surface area contributed by atoms with E-state index in [0.29, 0.717) is 5.56 Å². The number of hydrogen-bond acceptors (Lipinski definition) is 5. The van der Waals surface area contributed by atoms with Gasteiger partial charge in [-0.3, -0.25) is 4.98 Å². The molecule has 8 heteroatoms. The molecule has 0 unspecified atom stereocenters. The molecule has 0 aromatic carbocycles. The van der Waals surface area contributed by atoms with E-state index in [9.17, 15) is 13.2 Å². The molecule has 1 N–H and O–H groups in total. The van der Waals surface area contributed by atoms with Crippen LogP contribution < -0.4 is 4.74 Å². The normalized spacial score (nSPS) is 12.9. The standard InChI is InChI=1S/C21H25F3N4O/c1-6-14(15-8-7-11-26-17(15)12-25)19-16(21(22,23)24)9-10-18(27-19)29-13-20(2,3)28(4)5/h6-12,25H,13H2,1-5H3. The number of halogens is 3. The van der Waals surface area contributed by atoms with E-state index in [1.807, 2.05) is 32.8 Å². The number of likely N-dealkylation sites (N-methyl/N-ethyl adjacent to an activating group) is 1. The lowest BCUT2D eigenvalue weighted by Crippen LogP contribution is -2.43. The van der Waals surface area contributed by atoms with Crippen LogP contribution in [0.3, 0.4) is 0 Å². The van der Waals surface area contributed by atoms with Crippen molar-refractivity contribution < 1.29 is 17.9 Å². The molecule has 29 heavy (non-hydrogen) atoms. The van der Waals surface area contributed by atoms with Gasteiger partial charge in [0.15, 0.2) is 0 Å². The van der Waals surface area contributed by atoms with E-state index in [0.717, 1.165) is 12.3 Å². The SMILES string of the molecule is CC=C(c1cccnc1C=N)c1nc(OCC(C)(C)N(C)C)ccc1C(F)(F)F. The summed E-state index contributed by atoms with van der Waals surface area (Å²) in [5.74, 6) is 0.0996. The summed E-state index contributed by atoms with van der Waals surface area (Å²) in [7, 11) is 3.79. The highest BCUT2D eigenvalue weighted by Gasteiger charge is 2.36. The van der Waals surface area contributed by atoms with Gasteiger partial charge in [-0.25, -0.2) is 4.98 Å². The Morgan fingerprint density at radius 2 is 1.90 bits per heavy atom. The highest BCUT2D eigenvalue weighted by atomic mass is 19.4. The van der Waals surface area contributed by atoms with Crippen molar-refractivity contribution in [1.29, 1.82) is 5.41 Å². The van der Waals surface area contributed by atoms with E-state index in [-0.39, 0.29) is 35.0 Å². The maximum atomic E-state index is 13.7. The summed E-state index contributed by atoms with van der Waals surface area (Å²) in [6.45, 7) is 5.80. The summed E-state index contributed by atoms with van der Waals surface area (Å²) in [5, 5.41) is 7.52. The third-order valence-electron chi connectivity index (χ3n) is 4.77. The van der Waals surface area contributed by atoms with Gasteiger partial charge in [0.1, 0.15) is 6.61 Å². The van der Waals surface area contributed by atoms with Crippen molar-refractivity contribution in [1.82, 2.24) is 14.9 Å². The summed E-state index contributed by atoms with van der Waals surface area (Å²) in [6.07, 6.45) is -0.565. The van der Waals surface area contributed by atoms with Crippen LogP contribution in [0.4, 0.5) is 13.2 Å². The maximum absolute atomic E-state index is 13.7. The van der Waals surface area contributed by atoms with Crippen molar-refractivity contribution in [2.45, 2.75) is 32.5 Å². The van der Waals surface area contributed by atoms with Gasteiger partial charge in [-0.2, -0.15) is 13.2 Å². The van der Waals surface area contributed by atoms with Gasteiger partial charge < -0.3 is 15.0 Å². The summed E-state index contributed by atoms with van der Waals surface area (Å²) in [6, 6.07) is 5.43. The number of pyridine rings is 2. The van der Waals surface area contributed by atoms with Gasteiger partial charge >= 0.3 is 6.18 Å². The second-order valence-electron chi connectivity index (χ2n) is 7.32. The first-order chi connectivity index (χ1) is 13.5. The predicted molar refractivity (Wildman–Crippen MR) is 107 cm³/mol. The molecule has 2 aromatic heterocycles. The Labute approximate surface area is 168 Å². The molecule has 0 bridgehead atoms. The largest absolute Gasteiger partial charge is 0.476 e. The molecule has 2 heterocycles. The minimum atomic E-state index is -4.59. The van der Waals surface area contributed by atoms with Gasteiger partial charge in [0, 0.05) is 35.2 Å². The number of rotatable bonds is 7. The Morgan fingerprint density at radius 3 is 2.45 bits per heavy atom.